The van der Waals surface area contributed by atoms with Crippen LogP contribution in [0, 0.1) is 0 Å². The Morgan fingerprint density at radius 2 is 1.71 bits per heavy atom. The highest BCUT2D eigenvalue weighted by molar-refractivity contribution is 5.89. The maximum atomic E-state index is 11.6. The highest BCUT2D eigenvalue weighted by Gasteiger charge is 2.28. The number of benzene rings is 2. The molecule has 2 aromatic rings. The maximum Gasteiger partial charge on any atom is 0.337 e. The van der Waals surface area contributed by atoms with Crippen molar-refractivity contribution in [3.8, 4) is 5.75 Å². The van der Waals surface area contributed by atoms with Gasteiger partial charge in [-0.05, 0) is 49.2 Å². The van der Waals surface area contributed by atoms with Crippen molar-refractivity contribution in [1.82, 2.24) is 9.80 Å². The number of carbonyl (C=O) groups excluding carboxylic acids is 1. The van der Waals surface area contributed by atoms with Crippen LogP contribution in [0.25, 0.3) is 0 Å². The maximum absolute atomic E-state index is 11.6. The molecule has 2 aliphatic rings. The zero-order valence-corrected chi connectivity index (χ0v) is 18.6. The highest BCUT2D eigenvalue weighted by atomic mass is 16.5. The molecule has 1 unspecified atom stereocenters. The Bertz CT molecular complexity index is 863. The van der Waals surface area contributed by atoms with Crippen LogP contribution >= 0.6 is 0 Å². The first-order valence-corrected chi connectivity index (χ1v) is 11.2. The van der Waals surface area contributed by atoms with Gasteiger partial charge in [0.15, 0.2) is 0 Å². The van der Waals surface area contributed by atoms with Crippen LogP contribution < -0.4 is 9.64 Å². The number of para-hydroxylation sites is 2. The van der Waals surface area contributed by atoms with Crippen molar-refractivity contribution in [2.24, 2.45) is 0 Å². The van der Waals surface area contributed by atoms with Crippen LogP contribution in [0.15, 0.2) is 48.5 Å². The lowest BCUT2D eigenvalue weighted by Crippen LogP contribution is -2.55. The van der Waals surface area contributed by atoms with Gasteiger partial charge in [-0.1, -0.05) is 24.3 Å². The summed E-state index contributed by atoms with van der Waals surface area (Å²) in [4.78, 5) is 19.3. The molecular formula is C25H33N3O3. The molecule has 6 heteroatoms. The predicted molar refractivity (Wildman–Crippen MR) is 123 cm³/mol. The Hall–Kier alpha value is -2.57. The number of methoxy groups -OCH3 is 2. The van der Waals surface area contributed by atoms with Gasteiger partial charge in [0.25, 0.3) is 0 Å². The Morgan fingerprint density at radius 1 is 0.968 bits per heavy atom. The SMILES string of the molecule is COC(=O)c1ccc(CN2CCCC(N3CCN(c4ccccc4OC)CC3)C2)cc1. The first-order valence-electron chi connectivity index (χ1n) is 11.2. The molecule has 2 fully saturated rings. The van der Waals surface area contributed by atoms with Crippen LogP contribution in [-0.4, -0.2) is 75.3 Å². The molecule has 31 heavy (non-hydrogen) atoms. The predicted octanol–water partition coefficient (Wildman–Crippen LogP) is 3.27. The van der Waals surface area contributed by atoms with Gasteiger partial charge in [-0.25, -0.2) is 4.79 Å². The summed E-state index contributed by atoms with van der Waals surface area (Å²) in [5.41, 5.74) is 3.05. The minimum Gasteiger partial charge on any atom is -0.495 e. The van der Waals surface area contributed by atoms with Crippen molar-refractivity contribution in [1.29, 1.82) is 0 Å². The van der Waals surface area contributed by atoms with Gasteiger partial charge in [-0.3, -0.25) is 9.80 Å². The number of likely N-dealkylation sites (tertiary alicyclic amines) is 1. The van der Waals surface area contributed by atoms with Crippen molar-refractivity contribution in [3.05, 3.63) is 59.7 Å². The normalized spacial score (nSPS) is 20.5. The number of anilines is 1. The summed E-state index contributed by atoms with van der Waals surface area (Å²) < 4.78 is 10.3. The topological polar surface area (TPSA) is 45.2 Å². The molecular weight excluding hydrogens is 390 g/mol. The third-order valence-electron chi connectivity index (χ3n) is 6.52. The molecule has 0 radical (unpaired) electrons. The van der Waals surface area contributed by atoms with E-state index < -0.39 is 0 Å². The van der Waals surface area contributed by atoms with E-state index in [-0.39, 0.29) is 5.97 Å². The van der Waals surface area contributed by atoms with E-state index in [4.69, 9.17) is 9.47 Å². The fraction of sp³-hybridized carbons (Fsp3) is 0.480. The van der Waals surface area contributed by atoms with Crippen molar-refractivity contribution in [2.45, 2.75) is 25.4 Å². The molecule has 0 saturated carbocycles. The minimum atomic E-state index is -0.281. The minimum absolute atomic E-state index is 0.281. The molecule has 166 valence electrons. The van der Waals surface area contributed by atoms with Crippen molar-refractivity contribution < 1.29 is 14.3 Å². The lowest BCUT2D eigenvalue weighted by molar-refractivity contribution is 0.0600. The fourth-order valence-electron chi connectivity index (χ4n) is 4.81. The summed E-state index contributed by atoms with van der Waals surface area (Å²) in [6, 6.07) is 16.7. The molecule has 0 bridgehead atoms. The van der Waals surface area contributed by atoms with E-state index in [1.165, 1.54) is 31.2 Å². The molecule has 2 aliphatic heterocycles. The molecule has 2 heterocycles. The van der Waals surface area contributed by atoms with Crippen LogP contribution in [-0.2, 0) is 11.3 Å². The average Bonchev–Trinajstić information content (AvgIpc) is 2.84. The summed E-state index contributed by atoms with van der Waals surface area (Å²) in [5.74, 6) is 0.676. The van der Waals surface area contributed by atoms with E-state index in [1.54, 1.807) is 7.11 Å². The summed E-state index contributed by atoms with van der Waals surface area (Å²) in [6.45, 7) is 7.41. The number of hydrogen-bond acceptors (Lipinski definition) is 6. The fourth-order valence-corrected chi connectivity index (χ4v) is 4.81. The van der Waals surface area contributed by atoms with Crippen LogP contribution in [0.3, 0.4) is 0 Å². The highest BCUT2D eigenvalue weighted by Crippen LogP contribution is 2.29. The van der Waals surface area contributed by atoms with Crippen LogP contribution in [0.2, 0.25) is 0 Å². The third-order valence-corrected chi connectivity index (χ3v) is 6.52. The molecule has 2 aromatic carbocycles. The second-order valence-electron chi connectivity index (χ2n) is 8.41. The van der Waals surface area contributed by atoms with Gasteiger partial charge in [0.1, 0.15) is 5.75 Å². The van der Waals surface area contributed by atoms with Crippen LogP contribution in [0.1, 0.15) is 28.8 Å². The molecule has 0 aliphatic carbocycles. The quantitative estimate of drug-likeness (QED) is 0.665. The number of ether oxygens (including phenoxy) is 2. The Kier molecular flexibility index (Phi) is 7.10. The second-order valence-corrected chi connectivity index (χ2v) is 8.41. The molecule has 6 nitrogen and oxygen atoms in total. The summed E-state index contributed by atoms with van der Waals surface area (Å²) in [6.07, 6.45) is 2.50. The summed E-state index contributed by atoms with van der Waals surface area (Å²) >= 11 is 0. The van der Waals surface area contributed by atoms with Gasteiger partial charge in [0.2, 0.25) is 0 Å². The largest absolute Gasteiger partial charge is 0.495 e. The van der Waals surface area contributed by atoms with E-state index in [0.29, 0.717) is 11.6 Å². The summed E-state index contributed by atoms with van der Waals surface area (Å²) in [5, 5.41) is 0. The lowest BCUT2D eigenvalue weighted by atomic mass is 10.0. The molecule has 0 aromatic heterocycles. The van der Waals surface area contributed by atoms with Crippen molar-refractivity contribution in [2.75, 3.05) is 58.4 Å². The lowest BCUT2D eigenvalue weighted by Gasteiger charge is -2.44. The van der Waals surface area contributed by atoms with Gasteiger partial charge in [-0.15, -0.1) is 0 Å². The number of nitrogens with zero attached hydrogens (tertiary/aromatic N) is 3. The van der Waals surface area contributed by atoms with E-state index in [1.807, 2.05) is 36.4 Å². The first kappa shape index (κ1) is 21.7. The van der Waals surface area contributed by atoms with Gasteiger partial charge in [-0.2, -0.15) is 0 Å². The van der Waals surface area contributed by atoms with Crippen LogP contribution in [0.4, 0.5) is 5.69 Å². The van der Waals surface area contributed by atoms with Crippen LogP contribution in [0.5, 0.6) is 5.75 Å². The van der Waals surface area contributed by atoms with E-state index >= 15 is 0 Å². The zero-order valence-electron chi connectivity index (χ0n) is 18.6. The van der Waals surface area contributed by atoms with E-state index in [9.17, 15) is 4.79 Å². The third kappa shape index (κ3) is 5.20. The monoisotopic (exact) mass is 423 g/mol. The van der Waals surface area contributed by atoms with Gasteiger partial charge >= 0.3 is 5.97 Å². The molecule has 0 amide bonds. The molecule has 0 spiro atoms. The number of carbonyl (C=O) groups is 1. The van der Waals surface area contributed by atoms with Gasteiger partial charge in [0.05, 0.1) is 25.5 Å². The van der Waals surface area contributed by atoms with Crippen molar-refractivity contribution in [3.63, 3.8) is 0 Å². The molecule has 2 saturated heterocycles. The average molecular weight is 424 g/mol. The molecule has 4 rings (SSSR count). The number of piperidine rings is 1. The molecule has 0 N–H and O–H groups in total. The van der Waals surface area contributed by atoms with E-state index in [2.05, 4.69) is 26.8 Å². The standard InChI is InChI=1S/C25H33N3O3/c1-30-24-8-4-3-7-23(24)28-16-14-27(15-17-28)22-6-5-13-26(19-22)18-20-9-11-21(12-10-20)25(29)31-2/h3-4,7-12,22H,5-6,13-19H2,1-2H3. The Morgan fingerprint density at radius 3 is 2.42 bits per heavy atom. The number of piperazine rings is 1. The Labute approximate surface area is 185 Å². The number of rotatable bonds is 6. The van der Waals surface area contributed by atoms with E-state index in [0.717, 1.165) is 51.6 Å². The summed E-state index contributed by atoms with van der Waals surface area (Å²) in [7, 11) is 3.16. The van der Waals surface area contributed by atoms with Gasteiger partial charge < -0.3 is 14.4 Å². The zero-order chi connectivity index (χ0) is 21.6. The van der Waals surface area contributed by atoms with Gasteiger partial charge in [0, 0.05) is 45.3 Å². The number of esters is 1. The Balaban J connectivity index is 1.30. The first-order chi connectivity index (χ1) is 15.2. The number of hydrogen-bond donors (Lipinski definition) is 0. The smallest absolute Gasteiger partial charge is 0.337 e. The molecule has 1 atom stereocenters. The second kappa shape index (κ2) is 10.2. The van der Waals surface area contributed by atoms with Crippen molar-refractivity contribution >= 4 is 11.7 Å².